The number of nitrogens with one attached hydrogen (secondary N) is 1. The summed E-state index contributed by atoms with van der Waals surface area (Å²) in [6.45, 7) is 0. The van der Waals surface area contributed by atoms with Gasteiger partial charge in [0.2, 0.25) is 0 Å². The van der Waals surface area contributed by atoms with Crippen molar-refractivity contribution in [1.29, 1.82) is 0 Å². The number of rotatable bonds is 3. The fraction of sp³-hybridized carbons (Fsp3) is 0.143. The molecule has 1 aromatic heterocycles. The highest BCUT2D eigenvalue weighted by Crippen LogP contribution is 2.44. The molecule has 2 N–H and O–H groups in total. The highest BCUT2D eigenvalue weighted by atomic mass is 32.2. The van der Waals surface area contributed by atoms with Crippen LogP contribution in [0.2, 0.25) is 0 Å². The minimum absolute atomic E-state index is 0.175. The van der Waals surface area contributed by atoms with E-state index in [2.05, 4.69) is 4.98 Å². The second-order valence-corrected chi connectivity index (χ2v) is 6.30. The van der Waals surface area contributed by atoms with E-state index in [1.807, 2.05) is 12.1 Å². The largest absolute Gasteiger partial charge is 0.497 e. The van der Waals surface area contributed by atoms with Gasteiger partial charge in [-0.15, -0.1) is 0 Å². The molecule has 0 spiro atoms. The lowest BCUT2D eigenvalue weighted by Gasteiger charge is -2.21. The molecule has 5 nitrogen and oxygen atoms in total. The van der Waals surface area contributed by atoms with Gasteiger partial charge in [-0.1, -0.05) is 35.2 Å². The van der Waals surface area contributed by atoms with Crippen molar-refractivity contribution in [2.24, 2.45) is 0 Å². The molecule has 1 aliphatic heterocycles. The highest BCUT2D eigenvalue weighted by Gasteiger charge is 2.32. The summed E-state index contributed by atoms with van der Waals surface area (Å²) in [5.41, 5.74) is 1.09. The smallest absolute Gasteiger partial charge is 0.333 e. The van der Waals surface area contributed by atoms with Gasteiger partial charge in [0.15, 0.2) is 0 Å². The first kappa shape index (κ1) is 14.0. The number of aromatic nitrogens is 1. The molecular formula is C14H11NO4S2. The van der Waals surface area contributed by atoms with Crippen molar-refractivity contribution in [3.63, 3.8) is 0 Å². The molecule has 1 atom stereocenters. The molecule has 0 bridgehead atoms. The van der Waals surface area contributed by atoms with Gasteiger partial charge >= 0.3 is 10.8 Å². The summed E-state index contributed by atoms with van der Waals surface area (Å²) in [5.74, 6) is -0.712. The van der Waals surface area contributed by atoms with Crippen LogP contribution in [-0.2, 0) is 4.79 Å². The number of benzene rings is 1. The van der Waals surface area contributed by atoms with Crippen molar-refractivity contribution >= 4 is 29.1 Å². The Labute approximate surface area is 128 Å². The van der Waals surface area contributed by atoms with E-state index >= 15 is 0 Å². The maximum absolute atomic E-state index is 11.6. The quantitative estimate of drug-likeness (QED) is 0.908. The first-order valence-corrected chi connectivity index (χ1v) is 7.76. The van der Waals surface area contributed by atoms with Gasteiger partial charge in [-0.05, 0) is 23.1 Å². The zero-order valence-electron chi connectivity index (χ0n) is 11.0. The second kappa shape index (κ2) is 5.42. The van der Waals surface area contributed by atoms with Gasteiger partial charge < -0.3 is 14.8 Å². The number of carbonyl (C=O) groups is 1. The number of carboxylic acid groups (broad SMARTS) is 1. The van der Waals surface area contributed by atoms with Crippen molar-refractivity contribution < 1.29 is 14.6 Å². The molecule has 1 aliphatic rings. The third kappa shape index (κ3) is 2.50. The summed E-state index contributed by atoms with van der Waals surface area (Å²) in [5, 5.41) is 11.7. The minimum Gasteiger partial charge on any atom is -0.497 e. The van der Waals surface area contributed by atoms with Gasteiger partial charge in [-0.25, -0.2) is 4.79 Å². The fourth-order valence-corrected chi connectivity index (χ4v) is 4.32. The minimum atomic E-state index is -0.977. The van der Waals surface area contributed by atoms with E-state index in [1.165, 1.54) is 11.8 Å². The molecule has 2 heterocycles. The third-order valence-electron chi connectivity index (χ3n) is 3.22. The zero-order chi connectivity index (χ0) is 15.0. The molecule has 0 saturated heterocycles. The van der Waals surface area contributed by atoms with Gasteiger partial charge in [0.05, 0.1) is 28.5 Å². The Morgan fingerprint density at radius 1 is 1.33 bits per heavy atom. The van der Waals surface area contributed by atoms with E-state index in [9.17, 15) is 14.7 Å². The van der Waals surface area contributed by atoms with Crippen molar-refractivity contribution in [3.05, 3.63) is 55.4 Å². The summed E-state index contributed by atoms with van der Waals surface area (Å²) in [7, 11) is 1.57. The third-order valence-corrected chi connectivity index (χ3v) is 5.22. The van der Waals surface area contributed by atoms with Crippen LogP contribution in [0.15, 0.2) is 45.1 Å². The Hall–Kier alpha value is -1.99. The SMILES string of the molecule is COc1ccc([C@H]2C(C(=O)O)=CSc3[nH]c(=O)sc32)cc1. The second-order valence-electron chi connectivity index (χ2n) is 4.41. The Kier molecular flexibility index (Phi) is 3.60. The number of aromatic amines is 1. The molecule has 3 rings (SSSR count). The van der Waals surface area contributed by atoms with Crippen LogP contribution in [0.25, 0.3) is 0 Å². The standard InChI is InChI=1S/C14H11NO4S2/c1-19-8-4-2-7(3-5-8)10-9(13(16)17)6-20-12-11(10)21-14(18)15-12/h2-6,10H,1H3,(H,15,18)(H,16,17)/t10-/m0/s1. The number of aliphatic carboxylic acids is 1. The predicted octanol–water partition coefficient (Wildman–Crippen LogP) is 2.65. The first-order chi connectivity index (χ1) is 10.1. The summed E-state index contributed by atoms with van der Waals surface area (Å²) in [4.78, 5) is 26.4. The molecule has 0 amide bonds. The lowest BCUT2D eigenvalue weighted by molar-refractivity contribution is -0.132. The topological polar surface area (TPSA) is 79.4 Å². The monoisotopic (exact) mass is 321 g/mol. The van der Waals surface area contributed by atoms with Crippen molar-refractivity contribution in [1.82, 2.24) is 4.98 Å². The molecule has 0 fully saturated rings. The number of H-pyrrole nitrogens is 1. The van der Waals surface area contributed by atoms with Crippen LogP contribution in [0.3, 0.4) is 0 Å². The summed E-state index contributed by atoms with van der Waals surface area (Å²) < 4.78 is 5.12. The maximum atomic E-state index is 11.6. The molecule has 1 aromatic carbocycles. The van der Waals surface area contributed by atoms with Crippen LogP contribution in [0.5, 0.6) is 5.75 Å². The van der Waals surface area contributed by atoms with Gasteiger partial charge in [0.25, 0.3) is 0 Å². The number of fused-ring (bicyclic) bond motifs is 1. The lowest BCUT2D eigenvalue weighted by Crippen LogP contribution is -2.14. The van der Waals surface area contributed by atoms with Crippen molar-refractivity contribution in [2.75, 3.05) is 7.11 Å². The molecule has 0 aliphatic carbocycles. The maximum Gasteiger partial charge on any atom is 0.333 e. The number of thioether (sulfide) groups is 1. The Balaban J connectivity index is 2.12. The van der Waals surface area contributed by atoms with E-state index in [-0.39, 0.29) is 10.4 Å². The van der Waals surface area contributed by atoms with E-state index in [4.69, 9.17) is 4.74 Å². The number of ether oxygens (including phenoxy) is 1. The molecule has 7 heteroatoms. The molecule has 108 valence electrons. The molecule has 2 aromatic rings. The molecule has 0 unspecified atom stereocenters. The number of hydrogen-bond donors (Lipinski definition) is 2. The van der Waals surface area contributed by atoms with Crippen LogP contribution in [0, 0.1) is 0 Å². The predicted molar refractivity (Wildman–Crippen MR) is 81.4 cm³/mol. The van der Waals surface area contributed by atoms with Crippen molar-refractivity contribution in [3.8, 4) is 5.75 Å². The van der Waals surface area contributed by atoms with E-state index in [1.54, 1.807) is 24.7 Å². The van der Waals surface area contributed by atoms with Crippen LogP contribution in [0.4, 0.5) is 0 Å². The molecule has 0 saturated carbocycles. The number of hydrogen-bond acceptors (Lipinski definition) is 5. The van der Waals surface area contributed by atoms with E-state index in [0.29, 0.717) is 5.75 Å². The van der Waals surface area contributed by atoms with Crippen LogP contribution < -0.4 is 9.61 Å². The van der Waals surface area contributed by atoms with Gasteiger partial charge in [0.1, 0.15) is 5.75 Å². The van der Waals surface area contributed by atoms with Crippen LogP contribution >= 0.6 is 23.1 Å². The van der Waals surface area contributed by atoms with Gasteiger partial charge in [-0.3, -0.25) is 4.79 Å². The first-order valence-electron chi connectivity index (χ1n) is 6.07. The number of methoxy groups -OCH3 is 1. The van der Waals surface area contributed by atoms with Gasteiger partial charge in [-0.2, -0.15) is 0 Å². The van der Waals surface area contributed by atoms with Crippen molar-refractivity contribution in [2.45, 2.75) is 10.9 Å². The van der Waals surface area contributed by atoms with E-state index < -0.39 is 11.9 Å². The average molecular weight is 321 g/mol. The number of thiazole rings is 1. The van der Waals surface area contributed by atoms with Crippen LogP contribution in [-0.4, -0.2) is 23.2 Å². The molecule has 21 heavy (non-hydrogen) atoms. The summed E-state index contributed by atoms with van der Waals surface area (Å²) in [6.07, 6.45) is 0. The Morgan fingerprint density at radius 2 is 2.05 bits per heavy atom. The Bertz CT molecular complexity index is 773. The fourth-order valence-electron chi connectivity index (χ4n) is 2.24. The van der Waals surface area contributed by atoms with Crippen LogP contribution in [0.1, 0.15) is 16.4 Å². The van der Waals surface area contributed by atoms with Gasteiger partial charge in [0, 0.05) is 0 Å². The molecule has 0 radical (unpaired) electrons. The lowest BCUT2D eigenvalue weighted by atomic mass is 9.90. The number of carboxylic acids is 1. The molecular weight excluding hydrogens is 310 g/mol. The highest BCUT2D eigenvalue weighted by molar-refractivity contribution is 8.02. The average Bonchev–Trinajstić information content (AvgIpc) is 2.86. The zero-order valence-corrected chi connectivity index (χ0v) is 12.6. The summed E-state index contributed by atoms with van der Waals surface area (Å²) >= 11 is 2.30. The summed E-state index contributed by atoms with van der Waals surface area (Å²) in [6, 6.07) is 7.21. The normalized spacial score (nSPS) is 17.0. The van der Waals surface area contributed by atoms with E-state index in [0.717, 1.165) is 26.8 Å². The Morgan fingerprint density at radius 3 is 2.67 bits per heavy atom.